The average molecular weight is 399 g/mol. The maximum Gasteiger partial charge on any atom is 0.410 e. The Bertz CT molecular complexity index is 840. The van der Waals surface area contributed by atoms with Gasteiger partial charge in [0, 0.05) is 18.4 Å². The third-order valence-electron chi connectivity index (χ3n) is 5.59. The highest BCUT2D eigenvalue weighted by atomic mass is 16.6. The Morgan fingerprint density at radius 3 is 2.72 bits per heavy atom. The number of methoxy groups -OCH3 is 1. The number of esters is 1. The van der Waals surface area contributed by atoms with Crippen molar-refractivity contribution in [2.45, 2.75) is 63.5 Å². The zero-order valence-corrected chi connectivity index (χ0v) is 17.7. The number of fused-ring (bicyclic) bond motifs is 3. The van der Waals surface area contributed by atoms with Gasteiger partial charge in [0.15, 0.2) is 0 Å². The van der Waals surface area contributed by atoms with Gasteiger partial charge < -0.3 is 9.47 Å². The van der Waals surface area contributed by atoms with Crippen molar-refractivity contribution >= 4 is 23.5 Å². The molecule has 6 heteroatoms. The zero-order chi connectivity index (χ0) is 21.2. The number of para-hydroxylation sites is 1. The van der Waals surface area contributed by atoms with Gasteiger partial charge in [-0.15, -0.1) is 6.58 Å². The number of amides is 1. The molecule has 1 fully saturated rings. The SMILES string of the molecule is C=CC[C@]12CCN(C(=O)OC(C)(C)C)[C@@H](CCC(=O)OC)C1=Nc1ccccc12. The van der Waals surface area contributed by atoms with E-state index in [1.165, 1.54) is 12.7 Å². The first kappa shape index (κ1) is 21.1. The van der Waals surface area contributed by atoms with Gasteiger partial charge >= 0.3 is 12.1 Å². The highest BCUT2D eigenvalue weighted by Gasteiger charge is 2.51. The Hall–Kier alpha value is -2.63. The van der Waals surface area contributed by atoms with Gasteiger partial charge in [0.2, 0.25) is 0 Å². The fourth-order valence-electron chi connectivity index (χ4n) is 4.37. The lowest BCUT2D eigenvalue weighted by molar-refractivity contribution is -0.140. The maximum absolute atomic E-state index is 13.0. The van der Waals surface area contributed by atoms with Crippen molar-refractivity contribution in [2.75, 3.05) is 13.7 Å². The standard InChI is InChI=1S/C23H30N2O4/c1-6-13-23-14-15-25(21(27)29-22(2,3)4)18(11-12-19(26)28-5)20(23)24-17-10-8-7-9-16(17)23/h6-10,18H,1,11-15H2,2-5H3/t18-,23+/m0/s1. The number of likely N-dealkylation sites (tertiary alicyclic amines) is 1. The lowest BCUT2D eigenvalue weighted by Gasteiger charge is -2.45. The lowest BCUT2D eigenvalue weighted by atomic mass is 9.67. The van der Waals surface area contributed by atoms with E-state index >= 15 is 0 Å². The molecule has 0 aliphatic carbocycles. The highest BCUT2D eigenvalue weighted by Crippen LogP contribution is 2.49. The largest absolute Gasteiger partial charge is 0.469 e. The van der Waals surface area contributed by atoms with Gasteiger partial charge in [-0.05, 0) is 51.7 Å². The summed E-state index contributed by atoms with van der Waals surface area (Å²) in [7, 11) is 1.37. The molecule has 29 heavy (non-hydrogen) atoms. The Morgan fingerprint density at radius 1 is 1.34 bits per heavy atom. The molecule has 2 heterocycles. The molecule has 0 aromatic heterocycles. The molecule has 6 nitrogen and oxygen atoms in total. The zero-order valence-electron chi connectivity index (χ0n) is 17.7. The fraction of sp³-hybridized carbons (Fsp3) is 0.522. The number of benzene rings is 1. The molecule has 2 aliphatic heterocycles. The van der Waals surface area contributed by atoms with Crippen LogP contribution in [-0.4, -0.2) is 48.0 Å². The summed E-state index contributed by atoms with van der Waals surface area (Å²) in [6.07, 6.45) is 3.66. The van der Waals surface area contributed by atoms with E-state index < -0.39 is 5.60 Å². The molecule has 0 radical (unpaired) electrons. The van der Waals surface area contributed by atoms with E-state index in [0.29, 0.717) is 13.0 Å². The van der Waals surface area contributed by atoms with Gasteiger partial charge in [-0.1, -0.05) is 24.3 Å². The van der Waals surface area contributed by atoms with Crippen LogP contribution >= 0.6 is 0 Å². The van der Waals surface area contributed by atoms with Crippen molar-refractivity contribution < 1.29 is 19.1 Å². The fourth-order valence-corrected chi connectivity index (χ4v) is 4.37. The van der Waals surface area contributed by atoms with Gasteiger partial charge in [0.05, 0.1) is 24.6 Å². The van der Waals surface area contributed by atoms with Crippen LogP contribution in [0, 0.1) is 0 Å². The van der Waals surface area contributed by atoms with E-state index in [9.17, 15) is 9.59 Å². The van der Waals surface area contributed by atoms with Gasteiger partial charge in [0.25, 0.3) is 0 Å². The molecule has 156 valence electrons. The minimum Gasteiger partial charge on any atom is -0.469 e. The molecule has 1 amide bonds. The second-order valence-corrected chi connectivity index (χ2v) is 8.64. The van der Waals surface area contributed by atoms with Crippen molar-refractivity contribution in [3.8, 4) is 0 Å². The number of carbonyl (C=O) groups is 2. The number of allylic oxidation sites excluding steroid dienone is 1. The van der Waals surface area contributed by atoms with Crippen LogP contribution in [0.3, 0.4) is 0 Å². The van der Waals surface area contributed by atoms with E-state index in [2.05, 4.69) is 12.6 Å². The number of rotatable bonds is 5. The molecule has 0 unspecified atom stereocenters. The van der Waals surface area contributed by atoms with E-state index in [1.54, 1.807) is 4.90 Å². The lowest BCUT2D eigenvalue weighted by Crippen LogP contribution is -2.58. The van der Waals surface area contributed by atoms with Crippen LogP contribution in [0.1, 0.15) is 52.0 Å². The number of aliphatic imine (C=N–C) groups is 1. The molecule has 1 saturated heterocycles. The summed E-state index contributed by atoms with van der Waals surface area (Å²) in [5.41, 5.74) is 2.12. The second-order valence-electron chi connectivity index (χ2n) is 8.64. The van der Waals surface area contributed by atoms with Crippen LogP contribution in [0.2, 0.25) is 0 Å². The van der Waals surface area contributed by atoms with Gasteiger partial charge in [-0.25, -0.2) is 4.79 Å². The first-order valence-corrected chi connectivity index (χ1v) is 10.1. The average Bonchev–Trinajstić information content (AvgIpc) is 2.99. The number of hydrogen-bond donors (Lipinski definition) is 0. The Labute approximate surface area is 172 Å². The first-order chi connectivity index (χ1) is 13.7. The molecular formula is C23H30N2O4. The van der Waals surface area contributed by atoms with E-state index in [4.69, 9.17) is 14.5 Å². The highest BCUT2D eigenvalue weighted by molar-refractivity contribution is 6.07. The van der Waals surface area contributed by atoms with Gasteiger partial charge in [-0.3, -0.25) is 14.7 Å². The van der Waals surface area contributed by atoms with Crippen molar-refractivity contribution in [2.24, 2.45) is 4.99 Å². The minimum atomic E-state index is -0.597. The molecule has 2 atom stereocenters. The number of ether oxygens (including phenoxy) is 2. The minimum absolute atomic E-state index is 0.208. The summed E-state index contributed by atoms with van der Waals surface area (Å²) in [4.78, 5) is 31.5. The summed E-state index contributed by atoms with van der Waals surface area (Å²) in [6.45, 7) is 10.0. The summed E-state index contributed by atoms with van der Waals surface area (Å²) in [5, 5.41) is 0. The normalized spacial score (nSPS) is 23.0. The molecule has 3 rings (SSSR count). The molecule has 1 aromatic carbocycles. The molecule has 0 bridgehead atoms. The Kier molecular flexibility index (Phi) is 5.82. The van der Waals surface area contributed by atoms with Crippen LogP contribution in [0.15, 0.2) is 41.9 Å². The van der Waals surface area contributed by atoms with Crippen LogP contribution in [0.25, 0.3) is 0 Å². The van der Waals surface area contributed by atoms with Gasteiger partial charge in [0.1, 0.15) is 5.60 Å². The summed E-state index contributed by atoms with van der Waals surface area (Å²) < 4.78 is 10.5. The molecule has 0 saturated carbocycles. The van der Waals surface area contributed by atoms with Crippen LogP contribution in [0.5, 0.6) is 0 Å². The van der Waals surface area contributed by atoms with Gasteiger partial charge in [-0.2, -0.15) is 0 Å². The third-order valence-corrected chi connectivity index (χ3v) is 5.59. The van der Waals surface area contributed by atoms with E-state index in [1.807, 2.05) is 45.0 Å². The van der Waals surface area contributed by atoms with Crippen LogP contribution in [-0.2, 0) is 19.7 Å². The topological polar surface area (TPSA) is 68.2 Å². The van der Waals surface area contributed by atoms with Crippen molar-refractivity contribution in [3.05, 3.63) is 42.5 Å². The molecular weight excluding hydrogens is 368 g/mol. The number of piperidine rings is 1. The number of carbonyl (C=O) groups excluding carboxylic acids is 2. The van der Waals surface area contributed by atoms with Crippen molar-refractivity contribution in [3.63, 3.8) is 0 Å². The van der Waals surface area contributed by atoms with E-state index in [-0.39, 0.29) is 29.9 Å². The molecule has 2 aliphatic rings. The van der Waals surface area contributed by atoms with E-state index in [0.717, 1.165) is 24.2 Å². The molecule has 0 spiro atoms. The predicted molar refractivity (Wildman–Crippen MR) is 113 cm³/mol. The molecule has 1 aromatic rings. The number of nitrogens with zero attached hydrogens (tertiary/aromatic N) is 2. The van der Waals surface area contributed by atoms with Crippen molar-refractivity contribution in [1.29, 1.82) is 0 Å². The van der Waals surface area contributed by atoms with Crippen molar-refractivity contribution in [1.82, 2.24) is 4.90 Å². The van der Waals surface area contributed by atoms with Crippen LogP contribution < -0.4 is 0 Å². The Balaban J connectivity index is 2.00. The number of hydrogen-bond acceptors (Lipinski definition) is 5. The van der Waals surface area contributed by atoms with Crippen LogP contribution in [0.4, 0.5) is 10.5 Å². The predicted octanol–water partition coefficient (Wildman–Crippen LogP) is 4.55. The first-order valence-electron chi connectivity index (χ1n) is 10.1. The quantitative estimate of drug-likeness (QED) is 0.539. The summed E-state index contributed by atoms with van der Waals surface area (Å²) >= 11 is 0. The molecule has 0 N–H and O–H groups in total. The maximum atomic E-state index is 13.0. The smallest absolute Gasteiger partial charge is 0.410 e. The second kappa shape index (κ2) is 8.01. The summed E-state index contributed by atoms with van der Waals surface area (Å²) in [5.74, 6) is -0.301. The monoisotopic (exact) mass is 398 g/mol. The summed E-state index contributed by atoms with van der Waals surface area (Å²) in [6, 6.07) is 7.77. The Morgan fingerprint density at radius 2 is 2.07 bits per heavy atom. The third kappa shape index (κ3) is 4.07.